The van der Waals surface area contributed by atoms with Crippen LogP contribution in [0.2, 0.25) is 0 Å². The van der Waals surface area contributed by atoms with E-state index in [0.717, 1.165) is 43.5 Å². The van der Waals surface area contributed by atoms with Crippen molar-refractivity contribution in [1.82, 2.24) is 15.0 Å². The van der Waals surface area contributed by atoms with Gasteiger partial charge in [0.1, 0.15) is 5.75 Å². The van der Waals surface area contributed by atoms with Crippen LogP contribution in [-0.4, -0.2) is 41.1 Å². The monoisotopic (exact) mass is 355 g/mol. The van der Waals surface area contributed by atoms with Gasteiger partial charge in [0.25, 0.3) is 5.89 Å². The second kappa shape index (κ2) is 7.48. The van der Waals surface area contributed by atoms with Gasteiger partial charge in [0.15, 0.2) is 5.82 Å². The maximum absolute atomic E-state index is 12.7. The van der Waals surface area contributed by atoms with Crippen LogP contribution in [0.1, 0.15) is 50.3 Å². The highest BCUT2D eigenvalue weighted by Crippen LogP contribution is 2.31. The molecule has 1 aromatic heterocycles. The Bertz CT molecular complexity index is 767. The van der Waals surface area contributed by atoms with Crippen molar-refractivity contribution >= 4 is 5.91 Å². The highest BCUT2D eigenvalue weighted by Gasteiger charge is 2.32. The molecule has 1 saturated heterocycles. The average molecular weight is 355 g/mol. The summed E-state index contributed by atoms with van der Waals surface area (Å²) in [5.74, 6) is 2.66. The predicted octanol–water partition coefficient (Wildman–Crippen LogP) is 3.64. The SMILES string of the molecule is COc1cccc(-c2nc([C@@H]3CCCN(C(=O)C4CCCC4)C3)no2)c1. The molecule has 1 aromatic carbocycles. The highest BCUT2D eigenvalue weighted by atomic mass is 16.5. The summed E-state index contributed by atoms with van der Waals surface area (Å²) in [6.07, 6.45) is 6.44. The molecule has 2 aliphatic rings. The Morgan fingerprint density at radius 1 is 1.23 bits per heavy atom. The second-order valence-corrected chi connectivity index (χ2v) is 7.29. The summed E-state index contributed by atoms with van der Waals surface area (Å²) in [4.78, 5) is 19.3. The van der Waals surface area contributed by atoms with Crippen molar-refractivity contribution in [3.63, 3.8) is 0 Å². The zero-order chi connectivity index (χ0) is 17.9. The number of carbonyl (C=O) groups excluding carboxylic acids is 1. The van der Waals surface area contributed by atoms with Gasteiger partial charge in [-0.1, -0.05) is 24.1 Å². The Kier molecular flexibility index (Phi) is 4.91. The molecule has 4 rings (SSSR count). The summed E-state index contributed by atoms with van der Waals surface area (Å²) in [7, 11) is 1.64. The van der Waals surface area contributed by atoms with Crippen LogP contribution in [0, 0.1) is 5.92 Å². The molecule has 26 heavy (non-hydrogen) atoms. The van der Waals surface area contributed by atoms with E-state index in [0.29, 0.717) is 24.2 Å². The van der Waals surface area contributed by atoms with Gasteiger partial charge in [-0.3, -0.25) is 4.79 Å². The van der Waals surface area contributed by atoms with Gasteiger partial charge in [0, 0.05) is 30.5 Å². The largest absolute Gasteiger partial charge is 0.497 e. The molecule has 138 valence electrons. The molecule has 2 fully saturated rings. The maximum Gasteiger partial charge on any atom is 0.258 e. The fraction of sp³-hybridized carbons (Fsp3) is 0.550. The van der Waals surface area contributed by atoms with E-state index in [2.05, 4.69) is 10.1 Å². The van der Waals surface area contributed by atoms with E-state index in [1.54, 1.807) is 7.11 Å². The molecule has 1 aliphatic carbocycles. The molecule has 1 saturated carbocycles. The Labute approximate surface area is 153 Å². The number of carbonyl (C=O) groups is 1. The van der Waals surface area contributed by atoms with Crippen LogP contribution >= 0.6 is 0 Å². The summed E-state index contributed by atoms with van der Waals surface area (Å²) in [5, 5.41) is 4.20. The quantitative estimate of drug-likeness (QED) is 0.837. The summed E-state index contributed by atoms with van der Waals surface area (Å²) < 4.78 is 10.7. The van der Waals surface area contributed by atoms with E-state index < -0.39 is 0 Å². The van der Waals surface area contributed by atoms with Crippen LogP contribution in [0.15, 0.2) is 28.8 Å². The number of nitrogens with zero attached hydrogens (tertiary/aromatic N) is 3. The number of amides is 1. The second-order valence-electron chi connectivity index (χ2n) is 7.29. The first-order valence-corrected chi connectivity index (χ1v) is 9.51. The van der Waals surface area contributed by atoms with Gasteiger partial charge in [-0.25, -0.2) is 0 Å². The Balaban J connectivity index is 1.47. The van der Waals surface area contributed by atoms with Gasteiger partial charge in [-0.2, -0.15) is 4.98 Å². The van der Waals surface area contributed by atoms with Crippen molar-refractivity contribution in [2.75, 3.05) is 20.2 Å². The van der Waals surface area contributed by atoms with Crippen LogP contribution in [0.4, 0.5) is 0 Å². The Hall–Kier alpha value is -2.37. The normalized spacial score (nSPS) is 21.1. The molecule has 6 heteroatoms. The molecule has 6 nitrogen and oxygen atoms in total. The predicted molar refractivity (Wildman–Crippen MR) is 96.8 cm³/mol. The smallest absolute Gasteiger partial charge is 0.258 e. The molecule has 0 unspecified atom stereocenters. The fourth-order valence-corrected chi connectivity index (χ4v) is 4.09. The van der Waals surface area contributed by atoms with Gasteiger partial charge in [0.05, 0.1) is 7.11 Å². The molecule has 1 aliphatic heterocycles. The third kappa shape index (κ3) is 3.45. The minimum absolute atomic E-state index is 0.150. The van der Waals surface area contributed by atoms with Crippen LogP contribution in [0.25, 0.3) is 11.5 Å². The number of hydrogen-bond acceptors (Lipinski definition) is 5. The zero-order valence-corrected chi connectivity index (χ0v) is 15.2. The number of likely N-dealkylation sites (tertiary alicyclic amines) is 1. The lowest BCUT2D eigenvalue weighted by molar-refractivity contribution is -0.136. The van der Waals surface area contributed by atoms with E-state index in [-0.39, 0.29) is 11.8 Å². The topological polar surface area (TPSA) is 68.5 Å². The maximum atomic E-state index is 12.7. The number of piperidine rings is 1. The minimum Gasteiger partial charge on any atom is -0.497 e. The molecule has 0 radical (unpaired) electrons. The molecule has 1 atom stereocenters. The first-order chi connectivity index (χ1) is 12.7. The van der Waals surface area contributed by atoms with Crippen molar-refractivity contribution in [3.05, 3.63) is 30.1 Å². The lowest BCUT2D eigenvalue weighted by Crippen LogP contribution is -2.42. The number of methoxy groups -OCH3 is 1. The van der Waals surface area contributed by atoms with Gasteiger partial charge in [-0.15, -0.1) is 0 Å². The Morgan fingerprint density at radius 2 is 2.08 bits per heavy atom. The van der Waals surface area contributed by atoms with Crippen LogP contribution < -0.4 is 4.74 Å². The molecular weight excluding hydrogens is 330 g/mol. The summed E-state index contributed by atoms with van der Waals surface area (Å²) in [6, 6.07) is 7.60. The molecule has 0 N–H and O–H groups in total. The first kappa shape index (κ1) is 17.1. The molecule has 1 amide bonds. The lowest BCUT2D eigenvalue weighted by Gasteiger charge is -2.33. The zero-order valence-electron chi connectivity index (χ0n) is 15.2. The van der Waals surface area contributed by atoms with Crippen molar-refractivity contribution in [2.24, 2.45) is 5.92 Å². The third-order valence-corrected chi connectivity index (χ3v) is 5.56. The summed E-state index contributed by atoms with van der Waals surface area (Å²) in [5.41, 5.74) is 0.845. The minimum atomic E-state index is 0.150. The van der Waals surface area contributed by atoms with Gasteiger partial charge >= 0.3 is 0 Å². The summed E-state index contributed by atoms with van der Waals surface area (Å²) >= 11 is 0. The molecular formula is C20H25N3O3. The number of rotatable bonds is 4. The fourth-order valence-electron chi connectivity index (χ4n) is 4.09. The van der Waals surface area contributed by atoms with E-state index in [1.807, 2.05) is 29.2 Å². The highest BCUT2D eigenvalue weighted by molar-refractivity contribution is 5.79. The molecule has 2 aromatic rings. The van der Waals surface area contributed by atoms with E-state index >= 15 is 0 Å². The van der Waals surface area contributed by atoms with Gasteiger partial charge in [0.2, 0.25) is 5.91 Å². The molecule has 0 spiro atoms. The first-order valence-electron chi connectivity index (χ1n) is 9.51. The van der Waals surface area contributed by atoms with Gasteiger partial charge in [-0.05, 0) is 43.9 Å². The van der Waals surface area contributed by atoms with E-state index in [4.69, 9.17) is 9.26 Å². The summed E-state index contributed by atoms with van der Waals surface area (Å²) in [6.45, 7) is 1.55. The standard InChI is InChI=1S/C20H25N3O3/c1-25-17-10-4-8-15(12-17)19-21-18(22-26-19)16-9-5-11-23(13-16)20(24)14-6-2-3-7-14/h4,8,10,12,14,16H,2-3,5-7,9,11,13H2,1H3/t16-/m1/s1. The number of ether oxygens (including phenoxy) is 1. The number of aromatic nitrogens is 2. The lowest BCUT2D eigenvalue weighted by atomic mass is 9.95. The van der Waals surface area contributed by atoms with Crippen molar-refractivity contribution in [3.8, 4) is 17.2 Å². The van der Waals surface area contributed by atoms with Crippen molar-refractivity contribution < 1.29 is 14.1 Å². The molecule has 0 bridgehead atoms. The Morgan fingerprint density at radius 3 is 2.88 bits per heavy atom. The number of benzene rings is 1. The van der Waals surface area contributed by atoms with Crippen LogP contribution in [0.3, 0.4) is 0 Å². The molecule has 2 heterocycles. The third-order valence-electron chi connectivity index (χ3n) is 5.56. The van der Waals surface area contributed by atoms with Gasteiger partial charge < -0.3 is 14.2 Å². The van der Waals surface area contributed by atoms with Crippen molar-refractivity contribution in [1.29, 1.82) is 0 Å². The van der Waals surface area contributed by atoms with Crippen LogP contribution in [-0.2, 0) is 4.79 Å². The van der Waals surface area contributed by atoms with E-state index in [1.165, 1.54) is 12.8 Å². The average Bonchev–Trinajstić information content (AvgIpc) is 3.39. The van der Waals surface area contributed by atoms with Crippen LogP contribution in [0.5, 0.6) is 5.75 Å². The number of hydrogen-bond donors (Lipinski definition) is 0. The van der Waals surface area contributed by atoms with Crippen molar-refractivity contribution in [2.45, 2.75) is 44.4 Å². The van der Waals surface area contributed by atoms with E-state index in [9.17, 15) is 4.79 Å².